The Balaban J connectivity index is 1.59. The third-order valence-corrected chi connectivity index (χ3v) is 4.89. The molecule has 1 aromatic carbocycles. The van der Waals surface area contributed by atoms with Crippen LogP contribution in [-0.2, 0) is 25.6 Å². The highest BCUT2D eigenvalue weighted by Gasteiger charge is 2.21. The van der Waals surface area contributed by atoms with E-state index in [4.69, 9.17) is 25.8 Å². The number of ether oxygens (including phenoxy) is 3. The van der Waals surface area contributed by atoms with Crippen molar-refractivity contribution >= 4 is 28.5 Å². The fraction of sp³-hybridized carbons (Fsp3) is 0.474. The first-order chi connectivity index (χ1) is 12.1. The van der Waals surface area contributed by atoms with Crippen LogP contribution in [0.5, 0.6) is 0 Å². The lowest BCUT2D eigenvalue weighted by molar-refractivity contribution is -0.159. The number of benzene rings is 1. The molecule has 0 spiro atoms. The van der Waals surface area contributed by atoms with Crippen molar-refractivity contribution in [2.75, 3.05) is 13.2 Å². The van der Waals surface area contributed by atoms with Gasteiger partial charge in [-0.2, -0.15) is 0 Å². The molecule has 3 rings (SSSR count). The third-order valence-electron chi connectivity index (χ3n) is 4.39. The molecule has 1 saturated heterocycles. The highest BCUT2D eigenvalue weighted by atomic mass is 35.5. The van der Waals surface area contributed by atoms with E-state index in [0.29, 0.717) is 17.3 Å². The minimum Gasteiger partial charge on any atom is -0.457 e. The quantitative estimate of drug-likeness (QED) is 0.730. The van der Waals surface area contributed by atoms with E-state index in [2.05, 4.69) is 4.98 Å². The number of hydrogen-bond acceptors (Lipinski definition) is 5. The standard InChI is InChI=1S/C19H22ClNO4/c1-12-15-7-3-4-8-16(15)21-17(18(12)20)11-25-19(22)13(2)24-10-14-6-5-9-23-14/h3-4,7-8,13-14H,5-6,9-11H2,1-2H3. The summed E-state index contributed by atoms with van der Waals surface area (Å²) in [6, 6.07) is 7.75. The minimum absolute atomic E-state index is 0.0248. The molecule has 2 atom stereocenters. The van der Waals surface area contributed by atoms with E-state index >= 15 is 0 Å². The number of halogens is 1. The molecule has 0 saturated carbocycles. The zero-order valence-corrected chi connectivity index (χ0v) is 15.2. The maximum atomic E-state index is 12.1. The molecule has 6 heteroatoms. The molecule has 0 radical (unpaired) electrons. The Morgan fingerprint density at radius 1 is 1.44 bits per heavy atom. The van der Waals surface area contributed by atoms with Crippen LogP contribution < -0.4 is 0 Å². The fourth-order valence-electron chi connectivity index (χ4n) is 2.87. The number of aromatic nitrogens is 1. The summed E-state index contributed by atoms with van der Waals surface area (Å²) in [5.41, 5.74) is 2.32. The Labute approximate surface area is 152 Å². The van der Waals surface area contributed by atoms with Gasteiger partial charge in [0, 0.05) is 12.0 Å². The van der Waals surface area contributed by atoms with Crippen molar-refractivity contribution in [1.29, 1.82) is 0 Å². The smallest absolute Gasteiger partial charge is 0.335 e. The molecule has 5 nitrogen and oxygen atoms in total. The summed E-state index contributed by atoms with van der Waals surface area (Å²) in [5.74, 6) is -0.429. The van der Waals surface area contributed by atoms with Crippen LogP contribution in [0.15, 0.2) is 24.3 Å². The average molecular weight is 364 g/mol. The maximum absolute atomic E-state index is 12.1. The van der Waals surface area contributed by atoms with Gasteiger partial charge in [0.1, 0.15) is 6.61 Å². The first kappa shape index (κ1) is 18.1. The van der Waals surface area contributed by atoms with Crippen molar-refractivity contribution in [1.82, 2.24) is 4.98 Å². The van der Waals surface area contributed by atoms with Crippen molar-refractivity contribution in [3.63, 3.8) is 0 Å². The molecule has 1 aliphatic rings. The zero-order valence-electron chi connectivity index (χ0n) is 14.5. The molecule has 0 aliphatic carbocycles. The van der Waals surface area contributed by atoms with E-state index in [1.165, 1.54) is 0 Å². The molecule has 0 amide bonds. The molecule has 0 bridgehead atoms. The van der Waals surface area contributed by atoms with Gasteiger partial charge in [0.25, 0.3) is 0 Å². The highest BCUT2D eigenvalue weighted by molar-refractivity contribution is 6.32. The van der Waals surface area contributed by atoms with Gasteiger partial charge in [-0.3, -0.25) is 0 Å². The van der Waals surface area contributed by atoms with Crippen LogP contribution >= 0.6 is 11.6 Å². The minimum atomic E-state index is -0.649. The number of esters is 1. The van der Waals surface area contributed by atoms with Crippen LogP contribution in [0.4, 0.5) is 0 Å². The summed E-state index contributed by atoms with van der Waals surface area (Å²) in [7, 11) is 0. The predicted octanol–water partition coefficient (Wildman–Crippen LogP) is 3.82. The van der Waals surface area contributed by atoms with Crippen molar-refractivity contribution < 1.29 is 19.0 Å². The van der Waals surface area contributed by atoms with Gasteiger partial charge in [-0.05, 0) is 38.3 Å². The second kappa shape index (κ2) is 8.13. The summed E-state index contributed by atoms with van der Waals surface area (Å²) in [4.78, 5) is 16.6. The topological polar surface area (TPSA) is 57.7 Å². The number of hydrogen-bond donors (Lipinski definition) is 0. The number of nitrogens with zero attached hydrogens (tertiary/aromatic N) is 1. The molecular weight excluding hydrogens is 342 g/mol. The van der Waals surface area contributed by atoms with Crippen molar-refractivity contribution in [2.45, 2.75) is 45.5 Å². The predicted molar refractivity (Wildman–Crippen MR) is 95.7 cm³/mol. The van der Waals surface area contributed by atoms with Crippen molar-refractivity contribution in [3.05, 3.63) is 40.5 Å². The number of rotatable bonds is 6. The number of para-hydroxylation sites is 1. The van der Waals surface area contributed by atoms with Gasteiger partial charge in [-0.25, -0.2) is 9.78 Å². The molecule has 25 heavy (non-hydrogen) atoms. The molecule has 2 unspecified atom stereocenters. The second-order valence-electron chi connectivity index (χ2n) is 6.23. The molecule has 2 aromatic rings. The van der Waals surface area contributed by atoms with Gasteiger partial charge < -0.3 is 14.2 Å². The van der Waals surface area contributed by atoms with Gasteiger partial charge in [-0.1, -0.05) is 29.8 Å². The Hall–Kier alpha value is -1.69. The van der Waals surface area contributed by atoms with Gasteiger partial charge in [-0.15, -0.1) is 0 Å². The van der Waals surface area contributed by atoms with E-state index in [1.54, 1.807) is 6.92 Å². The monoisotopic (exact) mass is 363 g/mol. The summed E-state index contributed by atoms with van der Waals surface area (Å²) >= 11 is 6.38. The lowest BCUT2D eigenvalue weighted by Gasteiger charge is -2.16. The number of carbonyl (C=O) groups is 1. The van der Waals surface area contributed by atoms with Gasteiger partial charge in [0.2, 0.25) is 0 Å². The lowest BCUT2D eigenvalue weighted by atomic mass is 10.1. The Bertz CT molecular complexity index is 758. The SMILES string of the molecule is Cc1c(Cl)c(COC(=O)C(C)OCC2CCCO2)nc2ccccc12. The first-order valence-corrected chi connectivity index (χ1v) is 8.87. The fourth-order valence-corrected chi connectivity index (χ4v) is 3.06. The van der Waals surface area contributed by atoms with Crippen LogP contribution in [0.1, 0.15) is 31.0 Å². The van der Waals surface area contributed by atoms with E-state index in [1.807, 2.05) is 31.2 Å². The largest absolute Gasteiger partial charge is 0.457 e. The lowest BCUT2D eigenvalue weighted by Crippen LogP contribution is -2.27. The molecule has 1 aromatic heterocycles. The molecular formula is C19H22ClNO4. The highest BCUT2D eigenvalue weighted by Crippen LogP contribution is 2.27. The summed E-state index contributed by atoms with van der Waals surface area (Å²) in [6.07, 6.45) is 1.44. The van der Waals surface area contributed by atoms with Gasteiger partial charge >= 0.3 is 5.97 Å². The average Bonchev–Trinajstić information content (AvgIpc) is 3.14. The zero-order chi connectivity index (χ0) is 17.8. The van der Waals surface area contributed by atoms with E-state index in [-0.39, 0.29) is 12.7 Å². The van der Waals surface area contributed by atoms with Gasteiger partial charge in [0.05, 0.1) is 28.9 Å². The van der Waals surface area contributed by atoms with E-state index in [0.717, 1.165) is 35.9 Å². The van der Waals surface area contributed by atoms with E-state index in [9.17, 15) is 4.79 Å². The maximum Gasteiger partial charge on any atom is 0.335 e. The van der Waals surface area contributed by atoms with Crippen molar-refractivity contribution in [3.8, 4) is 0 Å². The molecule has 0 N–H and O–H groups in total. The van der Waals surface area contributed by atoms with Crippen LogP contribution in [-0.4, -0.2) is 36.4 Å². The van der Waals surface area contributed by atoms with Crippen LogP contribution in [0.3, 0.4) is 0 Å². The van der Waals surface area contributed by atoms with Crippen molar-refractivity contribution in [2.24, 2.45) is 0 Å². The van der Waals surface area contributed by atoms with Crippen LogP contribution in [0.25, 0.3) is 10.9 Å². The van der Waals surface area contributed by atoms with E-state index < -0.39 is 12.1 Å². The third kappa shape index (κ3) is 4.29. The summed E-state index contributed by atoms with van der Waals surface area (Å²) in [5, 5.41) is 1.52. The summed E-state index contributed by atoms with van der Waals surface area (Å²) in [6.45, 7) is 4.81. The second-order valence-corrected chi connectivity index (χ2v) is 6.61. The van der Waals surface area contributed by atoms with Gasteiger partial charge in [0.15, 0.2) is 6.10 Å². The number of carbonyl (C=O) groups excluding carboxylic acids is 1. The summed E-state index contributed by atoms with van der Waals surface area (Å²) < 4.78 is 16.4. The van der Waals surface area contributed by atoms with Crippen LogP contribution in [0.2, 0.25) is 5.02 Å². The molecule has 2 heterocycles. The molecule has 134 valence electrons. The first-order valence-electron chi connectivity index (χ1n) is 8.50. The van der Waals surface area contributed by atoms with Crippen LogP contribution in [0, 0.1) is 6.92 Å². The Morgan fingerprint density at radius 3 is 3.00 bits per heavy atom. The molecule has 1 aliphatic heterocycles. The number of aryl methyl sites for hydroxylation is 1. The number of pyridine rings is 1. The normalized spacial score (nSPS) is 18.4. The molecule has 1 fully saturated rings. The Kier molecular flexibility index (Phi) is 5.89. The Morgan fingerprint density at radius 2 is 2.24 bits per heavy atom. The number of fused-ring (bicyclic) bond motifs is 1.